The van der Waals surface area contributed by atoms with Gasteiger partial charge in [0.2, 0.25) is 17.9 Å². The zero-order chi connectivity index (χ0) is 25.0. The maximum absolute atomic E-state index is 11.6. The van der Waals surface area contributed by atoms with Crippen LogP contribution in [0.1, 0.15) is 12.5 Å². The van der Waals surface area contributed by atoms with Crippen LogP contribution in [0.3, 0.4) is 0 Å². The Morgan fingerprint density at radius 3 is 2.26 bits per heavy atom. The van der Waals surface area contributed by atoms with Gasteiger partial charge < -0.3 is 60.0 Å². The van der Waals surface area contributed by atoms with Crippen LogP contribution in [0.25, 0.3) is 0 Å². The van der Waals surface area contributed by atoms with Gasteiger partial charge in [0, 0.05) is 6.92 Å². The summed E-state index contributed by atoms with van der Waals surface area (Å²) in [6.07, 6.45) is -14.4. The van der Waals surface area contributed by atoms with Crippen LogP contribution in [0, 0.1) is 0 Å². The van der Waals surface area contributed by atoms with Crippen LogP contribution in [0.4, 0.5) is 0 Å². The summed E-state index contributed by atoms with van der Waals surface area (Å²) in [6.45, 7) is -0.163. The number of carbonyl (C=O) groups is 1. The number of ether oxygens (including phenoxy) is 4. The maximum Gasteiger partial charge on any atom is 0.219 e. The predicted octanol–water partition coefficient (Wildman–Crippen LogP) is -3.71. The molecule has 192 valence electrons. The van der Waals surface area contributed by atoms with Crippen molar-refractivity contribution in [3.05, 3.63) is 35.9 Å². The molecule has 10 atom stereocenters. The van der Waals surface area contributed by atoms with Gasteiger partial charge in [0.05, 0.1) is 19.8 Å². The molecular formula is C21H31NO12. The number of amides is 1. The van der Waals surface area contributed by atoms with Gasteiger partial charge >= 0.3 is 0 Å². The summed E-state index contributed by atoms with van der Waals surface area (Å²) in [5, 5.41) is 73.4. The number of aliphatic hydroxyl groups excluding tert-OH is 6. The second-order valence-corrected chi connectivity index (χ2v) is 8.28. The molecule has 2 aliphatic heterocycles. The van der Waals surface area contributed by atoms with E-state index in [1.54, 1.807) is 30.3 Å². The average molecular weight is 489 g/mol. The number of carbonyl (C=O) groups excluding carboxylic acids is 1. The van der Waals surface area contributed by atoms with Crippen LogP contribution in [0.2, 0.25) is 0 Å². The molecule has 3 rings (SSSR count). The molecule has 0 aliphatic carbocycles. The summed E-state index contributed by atoms with van der Waals surface area (Å²) in [6, 6.07) is 8.80. The van der Waals surface area contributed by atoms with Crippen molar-refractivity contribution in [2.75, 3.05) is 13.2 Å². The fourth-order valence-electron chi connectivity index (χ4n) is 3.81. The quantitative estimate of drug-likeness (QED) is 0.166. The highest BCUT2D eigenvalue weighted by molar-refractivity contribution is 5.73. The number of benzene rings is 1. The van der Waals surface area contributed by atoms with Crippen LogP contribution in [0.5, 0.6) is 0 Å². The Kier molecular flexibility index (Phi) is 8.94. The minimum atomic E-state index is -2.50. The Morgan fingerprint density at radius 2 is 1.65 bits per heavy atom. The van der Waals surface area contributed by atoms with Crippen LogP contribution in [-0.4, -0.2) is 116 Å². The minimum absolute atomic E-state index is 0.0729. The number of aliphatic hydroxyl groups is 7. The highest BCUT2D eigenvalue weighted by atomic mass is 16.7. The lowest BCUT2D eigenvalue weighted by Gasteiger charge is -2.48. The van der Waals surface area contributed by atoms with Gasteiger partial charge in [0.25, 0.3) is 0 Å². The lowest BCUT2D eigenvalue weighted by molar-refractivity contribution is -0.361. The molecule has 13 nitrogen and oxygen atoms in total. The highest BCUT2D eigenvalue weighted by Gasteiger charge is 2.57. The Bertz CT molecular complexity index is 797. The first kappa shape index (κ1) is 26.8. The van der Waals surface area contributed by atoms with Crippen LogP contribution in [-0.2, 0) is 30.3 Å². The largest absolute Gasteiger partial charge is 0.394 e. The summed E-state index contributed by atoms with van der Waals surface area (Å²) >= 11 is 0. The molecule has 0 radical (unpaired) electrons. The molecule has 0 saturated carbocycles. The Balaban J connectivity index is 1.72. The Labute approximate surface area is 195 Å². The third-order valence-corrected chi connectivity index (χ3v) is 5.71. The number of hydrogen-bond acceptors (Lipinski definition) is 12. The third-order valence-electron chi connectivity index (χ3n) is 5.71. The molecule has 0 bridgehead atoms. The molecule has 34 heavy (non-hydrogen) atoms. The van der Waals surface area contributed by atoms with Crippen LogP contribution in [0.15, 0.2) is 30.3 Å². The molecule has 0 spiro atoms. The topological polar surface area (TPSA) is 208 Å². The predicted molar refractivity (Wildman–Crippen MR) is 110 cm³/mol. The lowest BCUT2D eigenvalue weighted by Crippen LogP contribution is -2.73. The second-order valence-electron chi connectivity index (χ2n) is 8.28. The summed E-state index contributed by atoms with van der Waals surface area (Å²) in [4.78, 5) is 11.6. The van der Waals surface area contributed by atoms with Crippen molar-refractivity contribution < 1.29 is 59.5 Å². The van der Waals surface area contributed by atoms with Gasteiger partial charge in [0.15, 0.2) is 6.29 Å². The van der Waals surface area contributed by atoms with E-state index in [-0.39, 0.29) is 6.61 Å². The Hall–Kier alpha value is -1.75. The van der Waals surface area contributed by atoms with Crippen LogP contribution < -0.4 is 5.32 Å². The van der Waals surface area contributed by atoms with Gasteiger partial charge in [-0.25, -0.2) is 0 Å². The smallest absolute Gasteiger partial charge is 0.219 e. The minimum Gasteiger partial charge on any atom is -0.394 e. The maximum atomic E-state index is 11.6. The normalized spacial score (nSPS) is 40.6. The highest BCUT2D eigenvalue weighted by Crippen LogP contribution is 2.31. The van der Waals surface area contributed by atoms with Crippen LogP contribution >= 0.6 is 0 Å². The van der Waals surface area contributed by atoms with E-state index < -0.39 is 80.2 Å². The van der Waals surface area contributed by atoms with E-state index in [0.29, 0.717) is 5.56 Å². The molecule has 13 heteroatoms. The fourth-order valence-corrected chi connectivity index (χ4v) is 3.81. The van der Waals surface area contributed by atoms with Crippen molar-refractivity contribution in [3.63, 3.8) is 0 Å². The molecule has 2 fully saturated rings. The van der Waals surface area contributed by atoms with Gasteiger partial charge in [-0.3, -0.25) is 4.79 Å². The molecule has 1 aromatic rings. The van der Waals surface area contributed by atoms with Gasteiger partial charge in [0.1, 0.15) is 42.7 Å². The second kappa shape index (κ2) is 11.3. The summed E-state index contributed by atoms with van der Waals surface area (Å²) < 4.78 is 21.9. The first-order chi connectivity index (χ1) is 16.1. The van der Waals surface area contributed by atoms with Crippen molar-refractivity contribution in [3.8, 4) is 0 Å². The first-order valence-corrected chi connectivity index (χ1v) is 10.7. The van der Waals surface area contributed by atoms with Crippen molar-refractivity contribution in [2.45, 2.75) is 74.6 Å². The molecule has 8 N–H and O–H groups in total. The average Bonchev–Trinajstić information content (AvgIpc) is 2.81. The molecule has 0 aromatic heterocycles. The molecule has 2 unspecified atom stereocenters. The van der Waals surface area contributed by atoms with E-state index in [0.717, 1.165) is 6.92 Å². The van der Waals surface area contributed by atoms with Gasteiger partial charge in [-0.1, -0.05) is 30.3 Å². The Morgan fingerprint density at radius 1 is 0.971 bits per heavy atom. The van der Waals surface area contributed by atoms with Gasteiger partial charge in [-0.15, -0.1) is 0 Å². The van der Waals surface area contributed by atoms with Gasteiger partial charge in [-0.05, 0) is 5.56 Å². The molecule has 2 aliphatic rings. The van der Waals surface area contributed by atoms with Crippen molar-refractivity contribution in [1.29, 1.82) is 0 Å². The zero-order valence-electron chi connectivity index (χ0n) is 18.4. The molecular weight excluding hydrogens is 458 g/mol. The first-order valence-electron chi connectivity index (χ1n) is 10.7. The zero-order valence-corrected chi connectivity index (χ0v) is 18.4. The number of rotatable bonds is 8. The molecule has 2 heterocycles. The van der Waals surface area contributed by atoms with E-state index in [2.05, 4.69) is 5.32 Å². The van der Waals surface area contributed by atoms with E-state index in [1.165, 1.54) is 0 Å². The standard InChI is InChI=1S/C21H31NO12/c1-10(24)22-21(30)18(29)15(26)13(34-20(21)32-8-11-5-3-2-4-6-11)9-31-19-17(28)16(27)14(25)12(7-23)33-19/h2-6,12-20,23,25-30H,7-9H2,1H3,(H,22,24)/t12-,13-,14-,15-,16+,17+,18+,19?,20?,21-/m1/s1. The summed E-state index contributed by atoms with van der Waals surface area (Å²) in [5.41, 5.74) is -1.80. The van der Waals surface area contributed by atoms with Crippen molar-refractivity contribution in [2.24, 2.45) is 0 Å². The third kappa shape index (κ3) is 5.72. The molecule has 2 saturated heterocycles. The fraction of sp³-hybridized carbons (Fsp3) is 0.667. The van der Waals surface area contributed by atoms with E-state index in [9.17, 15) is 40.5 Å². The molecule has 1 amide bonds. The number of nitrogens with one attached hydrogen (secondary N) is 1. The molecule has 1 aromatic carbocycles. The van der Waals surface area contributed by atoms with E-state index >= 15 is 0 Å². The summed E-state index contributed by atoms with van der Waals surface area (Å²) in [5.74, 6) is -0.721. The van der Waals surface area contributed by atoms with Gasteiger partial charge in [-0.2, -0.15) is 0 Å². The summed E-state index contributed by atoms with van der Waals surface area (Å²) in [7, 11) is 0. The number of hydrogen-bond donors (Lipinski definition) is 8. The lowest BCUT2D eigenvalue weighted by atomic mass is 9.93. The monoisotopic (exact) mass is 489 g/mol. The SMILES string of the molecule is CC(=O)N[C@]1(O)C(OCc2ccccc2)O[C@H](COC2O[C@H](CO)[C@@H](O)[C@H](O)[C@@H]2O)[C@@H](O)[C@@H]1O. The van der Waals surface area contributed by atoms with E-state index in [4.69, 9.17) is 18.9 Å². The van der Waals surface area contributed by atoms with Crippen molar-refractivity contribution in [1.82, 2.24) is 5.32 Å². The van der Waals surface area contributed by atoms with E-state index in [1.807, 2.05) is 0 Å². The van der Waals surface area contributed by atoms with Crippen molar-refractivity contribution >= 4 is 5.91 Å².